The van der Waals surface area contributed by atoms with Gasteiger partial charge in [0, 0.05) is 13.1 Å². The molecule has 1 aliphatic rings. The van der Waals surface area contributed by atoms with E-state index in [9.17, 15) is 13.5 Å². The van der Waals surface area contributed by atoms with Crippen LogP contribution in [0.25, 0.3) is 0 Å². The van der Waals surface area contributed by atoms with Gasteiger partial charge in [0.2, 0.25) is 10.0 Å². The molecule has 2 N–H and O–H groups in total. The minimum absolute atomic E-state index is 0.148. The standard InChI is InChI=1S/C19H23N5O3S/c1-13(2)15-5-3-14(4-6-15)12-28(26,27)23-17-10-24(11-18(17)25)19-8-7-16(9-20)21-22-19/h3-8,13,17-18,23,25H,10-12H2,1-2H3/t17-,18-/m0/s1. The van der Waals surface area contributed by atoms with Gasteiger partial charge in [-0.1, -0.05) is 38.1 Å². The third-order valence-electron chi connectivity index (χ3n) is 4.71. The molecule has 2 heterocycles. The summed E-state index contributed by atoms with van der Waals surface area (Å²) in [4.78, 5) is 1.74. The first kappa shape index (κ1) is 20.2. The van der Waals surface area contributed by atoms with E-state index in [1.165, 1.54) is 6.07 Å². The van der Waals surface area contributed by atoms with E-state index in [1.807, 2.05) is 30.3 Å². The third-order valence-corrected chi connectivity index (χ3v) is 6.09. The molecule has 2 aromatic rings. The lowest BCUT2D eigenvalue weighted by Gasteiger charge is -2.17. The van der Waals surface area contributed by atoms with Crippen LogP contribution in [0.2, 0.25) is 0 Å². The maximum absolute atomic E-state index is 12.5. The predicted molar refractivity (Wildman–Crippen MR) is 105 cm³/mol. The lowest BCUT2D eigenvalue weighted by Crippen LogP contribution is -2.43. The number of nitrogens with zero attached hydrogens (tertiary/aromatic N) is 4. The lowest BCUT2D eigenvalue weighted by atomic mass is 10.0. The Morgan fingerprint density at radius 3 is 2.50 bits per heavy atom. The van der Waals surface area contributed by atoms with E-state index in [-0.39, 0.29) is 24.5 Å². The Morgan fingerprint density at radius 2 is 1.93 bits per heavy atom. The van der Waals surface area contributed by atoms with Gasteiger partial charge in [-0.2, -0.15) is 5.26 Å². The number of benzene rings is 1. The average molecular weight is 401 g/mol. The molecule has 1 saturated heterocycles. The summed E-state index contributed by atoms with van der Waals surface area (Å²) in [6, 6.07) is 11.9. The minimum Gasteiger partial charge on any atom is -0.390 e. The van der Waals surface area contributed by atoms with Gasteiger partial charge in [0.1, 0.15) is 6.07 Å². The highest BCUT2D eigenvalue weighted by Crippen LogP contribution is 2.20. The number of aliphatic hydroxyl groups is 1. The first-order valence-electron chi connectivity index (χ1n) is 9.03. The highest BCUT2D eigenvalue weighted by Gasteiger charge is 2.35. The molecule has 28 heavy (non-hydrogen) atoms. The van der Waals surface area contributed by atoms with E-state index in [0.717, 1.165) is 5.56 Å². The zero-order valence-corrected chi connectivity index (χ0v) is 16.6. The summed E-state index contributed by atoms with van der Waals surface area (Å²) in [5.74, 6) is 0.725. The van der Waals surface area contributed by atoms with Crippen molar-refractivity contribution in [1.29, 1.82) is 5.26 Å². The quantitative estimate of drug-likeness (QED) is 0.745. The minimum atomic E-state index is -3.62. The Balaban J connectivity index is 1.64. The number of nitrogens with one attached hydrogen (secondary N) is 1. The summed E-state index contributed by atoms with van der Waals surface area (Å²) in [5.41, 5.74) is 2.04. The molecule has 0 bridgehead atoms. The van der Waals surface area contributed by atoms with Crippen molar-refractivity contribution < 1.29 is 13.5 Å². The smallest absolute Gasteiger partial charge is 0.216 e. The van der Waals surface area contributed by atoms with E-state index in [4.69, 9.17) is 5.26 Å². The summed E-state index contributed by atoms with van der Waals surface area (Å²) in [6.07, 6.45) is -0.865. The molecule has 1 fully saturated rings. The van der Waals surface area contributed by atoms with Crippen molar-refractivity contribution in [2.75, 3.05) is 18.0 Å². The van der Waals surface area contributed by atoms with Gasteiger partial charge in [-0.25, -0.2) is 13.1 Å². The van der Waals surface area contributed by atoms with Crippen LogP contribution in [-0.4, -0.2) is 49.0 Å². The number of rotatable bonds is 6. The molecule has 1 aliphatic heterocycles. The normalized spacial score (nSPS) is 19.8. The van der Waals surface area contributed by atoms with Crippen LogP contribution in [0.1, 0.15) is 36.6 Å². The summed E-state index contributed by atoms with van der Waals surface area (Å²) in [7, 11) is -3.62. The van der Waals surface area contributed by atoms with E-state index in [0.29, 0.717) is 17.3 Å². The van der Waals surface area contributed by atoms with E-state index < -0.39 is 22.2 Å². The summed E-state index contributed by atoms with van der Waals surface area (Å²) < 4.78 is 27.7. The molecule has 1 aromatic heterocycles. The van der Waals surface area contributed by atoms with Crippen LogP contribution in [0, 0.1) is 11.3 Å². The van der Waals surface area contributed by atoms with Crippen LogP contribution in [0.15, 0.2) is 36.4 Å². The molecule has 148 valence electrons. The summed E-state index contributed by atoms with van der Waals surface area (Å²) >= 11 is 0. The van der Waals surface area contributed by atoms with Crippen LogP contribution in [-0.2, 0) is 15.8 Å². The number of sulfonamides is 1. The number of anilines is 1. The van der Waals surface area contributed by atoms with Crippen LogP contribution in [0.4, 0.5) is 5.82 Å². The Kier molecular flexibility index (Phi) is 5.93. The van der Waals surface area contributed by atoms with Gasteiger partial charge >= 0.3 is 0 Å². The van der Waals surface area contributed by atoms with Crippen molar-refractivity contribution >= 4 is 15.8 Å². The molecule has 0 spiro atoms. The molecule has 0 aliphatic carbocycles. The van der Waals surface area contributed by atoms with Crippen LogP contribution in [0.5, 0.6) is 0 Å². The molecule has 9 heteroatoms. The van der Waals surface area contributed by atoms with Crippen molar-refractivity contribution in [1.82, 2.24) is 14.9 Å². The fourth-order valence-corrected chi connectivity index (χ4v) is 4.54. The molecule has 0 unspecified atom stereocenters. The molecule has 0 saturated carbocycles. The topological polar surface area (TPSA) is 119 Å². The van der Waals surface area contributed by atoms with E-state index >= 15 is 0 Å². The largest absolute Gasteiger partial charge is 0.390 e. The number of hydrogen-bond donors (Lipinski definition) is 2. The zero-order chi connectivity index (χ0) is 20.3. The molecule has 2 atom stereocenters. The van der Waals surface area contributed by atoms with Crippen molar-refractivity contribution in [3.8, 4) is 6.07 Å². The predicted octanol–water partition coefficient (Wildman–Crippen LogP) is 1.14. The maximum atomic E-state index is 12.5. The van der Waals surface area contributed by atoms with Crippen LogP contribution in [0.3, 0.4) is 0 Å². The number of β-amino-alcohol motifs (C(OH)–C–C–N with tert-alkyl or cyclic N) is 1. The number of aromatic nitrogens is 2. The molecular formula is C19H23N5O3S. The van der Waals surface area contributed by atoms with Gasteiger partial charge in [-0.3, -0.25) is 0 Å². The Labute approximate surface area is 164 Å². The van der Waals surface area contributed by atoms with Crippen molar-refractivity contribution in [2.45, 2.75) is 37.7 Å². The first-order chi connectivity index (χ1) is 13.3. The fourth-order valence-electron chi connectivity index (χ4n) is 3.13. The van der Waals surface area contributed by atoms with Crippen molar-refractivity contribution in [3.05, 3.63) is 53.2 Å². The Morgan fingerprint density at radius 1 is 1.21 bits per heavy atom. The zero-order valence-electron chi connectivity index (χ0n) is 15.8. The van der Waals surface area contributed by atoms with Crippen molar-refractivity contribution in [3.63, 3.8) is 0 Å². The van der Waals surface area contributed by atoms with E-state index in [1.54, 1.807) is 11.0 Å². The Bertz CT molecular complexity index is 953. The van der Waals surface area contributed by atoms with Crippen LogP contribution < -0.4 is 9.62 Å². The van der Waals surface area contributed by atoms with Crippen LogP contribution >= 0.6 is 0 Å². The molecule has 0 amide bonds. The highest BCUT2D eigenvalue weighted by molar-refractivity contribution is 7.88. The van der Waals surface area contributed by atoms with Gasteiger partial charge in [0.05, 0.1) is 17.9 Å². The second-order valence-corrected chi connectivity index (χ2v) is 8.99. The number of aliphatic hydroxyl groups excluding tert-OH is 1. The second-order valence-electron chi connectivity index (χ2n) is 7.24. The van der Waals surface area contributed by atoms with Gasteiger partial charge in [-0.15, -0.1) is 10.2 Å². The van der Waals surface area contributed by atoms with Gasteiger partial charge in [0.15, 0.2) is 11.5 Å². The molecule has 1 aromatic carbocycles. The van der Waals surface area contributed by atoms with Crippen molar-refractivity contribution in [2.24, 2.45) is 0 Å². The molecule has 0 radical (unpaired) electrons. The number of hydrogen-bond acceptors (Lipinski definition) is 7. The summed E-state index contributed by atoms with van der Waals surface area (Å²) in [5, 5.41) is 26.8. The fraction of sp³-hybridized carbons (Fsp3) is 0.421. The van der Waals surface area contributed by atoms with Gasteiger partial charge in [0.25, 0.3) is 0 Å². The number of nitriles is 1. The SMILES string of the molecule is CC(C)c1ccc(CS(=O)(=O)N[C@H]2CN(c3ccc(C#N)nn3)C[C@@H]2O)cc1. The molecule has 3 rings (SSSR count). The van der Waals surface area contributed by atoms with Gasteiger partial charge in [-0.05, 0) is 29.2 Å². The molecular weight excluding hydrogens is 378 g/mol. The average Bonchev–Trinajstić information content (AvgIpc) is 3.01. The second kappa shape index (κ2) is 8.22. The third kappa shape index (κ3) is 4.84. The molecule has 8 nitrogen and oxygen atoms in total. The highest BCUT2D eigenvalue weighted by atomic mass is 32.2. The monoisotopic (exact) mass is 401 g/mol. The maximum Gasteiger partial charge on any atom is 0.216 e. The Hall–Kier alpha value is -2.54. The van der Waals surface area contributed by atoms with Gasteiger partial charge < -0.3 is 10.0 Å². The van der Waals surface area contributed by atoms with E-state index in [2.05, 4.69) is 28.8 Å². The summed E-state index contributed by atoms with van der Waals surface area (Å²) in [6.45, 7) is 4.67. The lowest BCUT2D eigenvalue weighted by molar-refractivity contribution is 0.174. The first-order valence-corrected chi connectivity index (χ1v) is 10.7.